The summed E-state index contributed by atoms with van der Waals surface area (Å²) in [6.45, 7) is 3.28. The van der Waals surface area contributed by atoms with Gasteiger partial charge in [-0.3, -0.25) is 4.79 Å². The average Bonchev–Trinajstić information content (AvgIpc) is 2.98. The van der Waals surface area contributed by atoms with Crippen LogP contribution in [-0.4, -0.2) is 47.1 Å². The molecule has 0 aliphatic carbocycles. The zero-order valence-corrected chi connectivity index (χ0v) is 19.0. The van der Waals surface area contributed by atoms with Gasteiger partial charge in [0.2, 0.25) is 0 Å². The van der Waals surface area contributed by atoms with Crippen LogP contribution in [0.3, 0.4) is 0 Å². The van der Waals surface area contributed by atoms with Crippen molar-refractivity contribution in [3.63, 3.8) is 0 Å². The van der Waals surface area contributed by atoms with Crippen molar-refractivity contribution >= 4 is 34.9 Å². The van der Waals surface area contributed by atoms with E-state index in [-0.39, 0.29) is 16.7 Å². The van der Waals surface area contributed by atoms with Crippen LogP contribution >= 0.6 is 23.2 Å². The minimum atomic E-state index is -4.52. The van der Waals surface area contributed by atoms with E-state index < -0.39 is 11.7 Å². The van der Waals surface area contributed by atoms with Gasteiger partial charge in [0, 0.05) is 37.9 Å². The zero-order valence-electron chi connectivity index (χ0n) is 17.5. The van der Waals surface area contributed by atoms with Crippen molar-refractivity contribution in [2.24, 2.45) is 0 Å². The number of aryl methyl sites for hydroxylation is 1. The Kier molecular flexibility index (Phi) is 6.54. The molecule has 1 aliphatic heterocycles. The van der Waals surface area contributed by atoms with Crippen LogP contribution in [0.25, 0.3) is 11.3 Å². The smallest absolute Gasteiger partial charge is 0.360 e. The van der Waals surface area contributed by atoms with Gasteiger partial charge in [-0.05, 0) is 25.5 Å². The molecule has 1 amide bonds. The highest BCUT2D eigenvalue weighted by atomic mass is 35.5. The summed E-state index contributed by atoms with van der Waals surface area (Å²) >= 11 is 12.4. The summed E-state index contributed by atoms with van der Waals surface area (Å²) in [5.41, 5.74) is 0.397. The Labute approximate surface area is 197 Å². The van der Waals surface area contributed by atoms with E-state index >= 15 is 0 Å². The Bertz CT molecular complexity index is 1180. The maximum atomic E-state index is 13.4. The second-order valence-corrected chi connectivity index (χ2v) is 8.42. The Morgan fingerprint density at radius 1 is 1.09 bits per heavy atom. The highest BCUT2D eigenvalue weighted by molar-refractivity contribution is 6.33. The quantitative estimate of drug-likeness (QED) is 0.461. The molecular weight excluding hydrogens is 480 g/mol. The number of anilines is 1. The van der Waals surface area contributed by atoms with Crippen molar-refractivity contribution < 1.29 is 22.5 Å². The predicted molar refractivity (Wildman–Crippen MR) is 119 cm³/mol. The molecule has 0 saturated carbocycles. The van der Waals surface area contributed by atoms with E-state index in [2.05, 4.69) is 10.1 Å². The third-order valence-electron chi connectivity index (χ3n) is 5.44. The lowest BCUT2D eigenvalue weighted by molar-refractivity contribution is -0.137. The molecule has 1 aliphatic rings. The molecule has 1 fully saturated rings. The van der Waals surface area contributed by atoms with Gasteiger partial charge in [0.05, 0.1) is 15.6 Å². The Balaban J connectivity index is 1.54. The number of pyridine rings is 1. The molecule has 0 spiro atoms. The molecule has 1 saturated heterocycles. The molecular formula is C22H19Cl2F3N4O2. The van der Waals surface area contributed by atoms with Crippen LogP contribution < -0.4 is 4.90 Å². The number of aromatic nitrogens is 2. The Morgan fingerprint density at radius 2 is 1.85 bits per heavy atom. The van der Waals surface area contributed by atoms with Gasteiger partial charge in [0.1, 0.15) is 22.8 Å². The molecule has 0 N–H and O–H groups in total. The fourth-order valence-corrected chi connectivity index (χ4v) is 4.28. The van der Waals surface area contributed by atoms with E-state index in [9.17, 15) is 18.0 Å². The maximum Gasteiger partial charge on any atom is 0.417 e. The van der Waals surface area contributed by atoms with Gasteiger partial charge < -0.3 is 14.3 Å². The average molecular weight is 499 g/mol. The van der Waals surface area contributed by atoms with E-state index in [0.29, 0.717) is 60.2 Å². The number of alkyl halides is 3. The number of amides is 1. The summed E-state index contributed by atoms with van der Waals surface area (Å²) in [4.78, 5) is 20.8. The second-order valence-electron chi connectivity index (χ2n) is 7.60. The number of rotatable bonds is 3. The third-order valence-corrected chi connectivity index (χ3v) is 6.05. The van der Waals surface area contributed by atoms with Crippen LogP contribution in [-0.2, 0) is 6.18 Å². The molecule has 3 aromatic rings. The normalized spacial score (nSPS) is 15.0. The number of benzene rings is 1. The van der Waals surface area contributed by atoms with Crippen LogP contribution in [0.15, 0.2) is 41.1 Å². The van der Waals surface area contributed by atoms with Gasteiger partial charge in [-0.15, -0.1) is 0 Å². The minimum Gasteiger partial charge on any atom is -0.360 e. The maximum absolute atomic E-state index is 13.4. The molecule has 4 rings (SSSR count). The first-order chi connectivity index (χ1) is 15.7. The van der Waals surface area contributed by atoms with Crippen molar-refractivity contribution in [3.05, 3.63) is 63.5 Å². The van der Waals surface area contributed by atoms with E-state index in [1.807, 2.05) is 0 Å². The number of nitrogens with zero attached hydrogens (tertiary/aromatic N) is 4. The molecule has 0 atom stereocenters. The van der Waals surface area contributed by atoms with Gasteiger partial charge in [-0.1, -0.05) is 46.6 Å². The molecule has 1 aromatic carbocycles. The van der Waals surface area contributed by atoms with Gasteiger partial charge >= 0.3 is 6.18 Å². The highest BCUT2D eigenvalue weighted by Gasteiger charge is 2.33. The molecule has 0 unspecified atom stereocenters. The molecule has 2 aromatic heterocycles. The zero-order chi connectivity index (χ0) is 23.8. The predicted octanol–water partition coefficient (Wildman–Crippen LogP) is 5.72. The lowest BCUT2D eigenvalue weighted by Gasteiger charge is -2.24. The second kappa shape index (κ2) is 9.23. The van der Waals surface area contributed by atoms with Crippen LogP contribution in [0.4, 0.5) is 19.0 Å². The minimum absolute atomic E-state index is 0.0829. The molecule has 11 heteroatoms. The summed E-state index contributed by atoms with van der Waals surface area (Å²) in [5.74, 6) is 0.386. The van der Waals surface area contributed by atoms with Gasteiger partial charge in [0.25, 0.3) is 5.91 Å². The van der Waals surface area contributed by atoms with Crippen LogP contribution in [0.2, 0.25) is 10.0 Å². The van der Waals surface area contributed by atoms with Crippen LogP contribution in [0.1, 0.15) is 28.1 Å². The standard InChI is InChI=1S/C22H19Cl2F3N4O2/c1-13-18(19(29-33-13)15-5-2-3-6-16(15)23)21(32)31-8-4-7-30(9-10-31)20-17(24)11-14(12-28-20)22(25,26)27/h2-3,5-6,11-12H,4,7-10H2,1H3. The fraction of sp³-hybridized carbons (Fsp3) is 0.318. The summed E-state index contributed by atoms with van der Waals surface area (Å²) < 4.78 is 44.1. The molecule has 0 radical (unpaired) electrons. The van der Waals surface area contributed by atoms with E-state index in [0.717, 1.165) is 12.3 Å². The topological polar surface area (TPSA) is 62.5 Å². The SMILES string of the molecule is Cc1onc(-c2ccccc2Cl)c1C(=O)N1CCCN(c2ncc(C(F)(F)F)cc2Cl)CC1. The van der Waals surface area contributed by atoms with Gasteiger partial charge in [-0.2, -0.15) is 13.2 Å². The molecule has 33 heavy (non-hydrogen) atoms. The summed E-state index contributed by atoms with van der Waals surface area (Å²) in [6, 6.07) is 7.92. The molecule has 0 bridgehead atoms. The van der Waals surface area contributed by atoms with E-state index in [4.69, 9.17) is 27.7 Å². The Morgan fingerprint density at radius 3 is 2.55 bits per heavy atom. The van der Waals surface area contributed by atoms with Crippen LogP contribution in [0, 0.1) is 6.92 Å². The molecule has 174 valence electrons. The van der Waals surface area contributed by atoms with Crippen molar-refractivity contribution in [1.29, 1.82) is 0 Å². The monoisotopic (exact) mass is 498 g/mol. The lowest BCUT2D eigenvalue weighted by Crippen LogP contribution is -2.35. The number of carbonyl (C=O) groups is 1. The van der Waals surface area contributed by atoms with Crippen molar-refractivity contribution in [2.75, 3.05) is 31.1 Å². The molecule has 6 nitrogen and oxygen atoms in total. The van der Waals surface area contributed by atoms with Crippen molar-refractivity contribution in [3.8, 4) is 11.3 Å². The van der Waals surface area contributed by atoms with Gasteiger partial charge in [-0.25, -0.2) is 4.98 Å². The molecule has 3 heterocycles. The summed E-state index contributed by atoms with van der Waals surface area (Å²) in [5, 5.41) is 4.42. The van der Waals surface area contributed by atoms with Crippen molar-refractivity contribution in [2.45, 2.75) is 19.5 Å². The lowest BCUT2D eigenvalue weighted by atomic mass is 10.0. The number of carbonyl (C=O) groups excluding carboxylic acids is 1. The Hall–Kier alpha value is -2.78. The largest absolute Gasteiger partial charge is 0.417 e. The number of hydrogen-bond donors (Lipinski definition) is 0. The fourth-order valence-electron chi connectivity index (χ4n) is 3.77. The number of hydrogen-bond acceptors (Lipinski definition) is 5. The third kappa shape index (κ3) is 4.79. The first-order valence-electron chi connectivity index (χ1n) is 10.1. The first kappa shape index (κ1) is 23.4. The van der Waals surface area contributed by atoms with Crippen molar-refractivity contribution in [1.82, 2.24) is 15.0 Å². The highest BCUT2D eigenvalue weighted by Crippen LogP contribution is 2.34. The number of halogens is 5. The van der Waals surface area contributed by atoms with E-state index in [1.165, 1.54) is 0 Å². The first-order valence-corrected chi connectivity index (χ1v) is 10.9. The van der Waals surface area contributed by atoms with E-state index in [1.54, 1.807) is 41.0 Å². The van der Waals surface area contributed by atoms with Crippen LogP contribution in [0.5, 0.6) is 0 Å². The summed E-state index contributed by atoms with van der Waals surface area (Å²) in [6.07, 6.45) is -3.17. The summed E-state index contributed by atoms with van der Waals surface area (Å²) in [7, 11) is 0. The van der Waals surface area contributed by atoms with Gasteiger partial charge in [0.15, 0.2) is 0 Å².